The van der Waals surface area contributed by atoms with E-state index in [0.29, 0.717) is 43.1 Å². The van der Waals surface area contributed by atoms with Crippen molar-refractivity contribution in [3.63, 3.8) is 0 Å². The summed E-state index contributed by atoms with van der Waals surface area (Å²) in [7, 11) is 0. The Morgan fingerprint density at radius 2 is 2.12 bits per heavy atom. The molecule has 0 aromatic carbocycles. The van der Waals surface area contributed by atoms with E-state index in [1.54, 1.807) is 16.5 Å². The number of urea groups is 1. The molecule has 2 atom stereocenters. The lowest BCUT2D eigenvalue weighted by Crippen LogP contribution is -2.51. The molecule has 1 aliphatic carbocycles. The molecular formula is C16H23N7O3. The molecule has 2 fully saturated rings. The van der Waals surface area contributed by atoms with Gasteiger partial charge >= 0.3 is 6.03 Å². The smallest absolute Gasteiger partial charge is 0.323 e. The van der Waals surface area contributed by atoms with E-state index in [2.05, 4.69) is 25.8 Å². The summed E-state index contributed by atoms with van der Waals surface area (Å²) in [6.45, 7) is 7.11. The number of hydrogen-bond donors (Lipinski definition) is 1. The standard InChI is InChI=1S/C16H23N7O3/c1-9-6-22(7-13(25-9)12-4-5-12)16(24)18-15-10(2)23(21-19-15)8-14-17-11(3)26-20-14/h9,12-13H,4-8H2,1-3H3,(H,18,24)/t9-,13-/m1/s1. The highest BCUT2D eigenvalue weighted by molar-refractivity contribution is 5.88. The summed E-state index contributed by atoms with van der Waals surface area (Å²) in [6.07, 6.45) is 2.56. The summed E-state index contributed by atoms with van der Waals surface area (Å²) < 4.78 is 12.6. The molecule has 4 rings (SSSR count). The Hall–Kier alpha value is -2.49. The average Bonchev–Trinajstić information content (AvgIpc) is 3.31. The topological polar surface area (TPSA) is 111 Å². The molecule has 2 aromatic heterocycles. The Bertz CT molecular complexity index is 798. The van der Waals surface area contributed by atoms with Crippen LogP contribution in [0.4, 0.5) is 10.6 Å². The number of aryl methyl sites for hydroxylation is 1. The van der Waals surface area contributed by atoms with Gasteiger partial charge in [0, 0.05) is 20.0 Å². The number of amides is 2. The summed E-state index contributed by atoms with van der Waals surface area (Å²) in [5, 5.41) is 14.9. The molecule has 2 amide bonds. The largest absolute Gasteiger partial charge is 0.371 e. The molecule has 10 heteroatoms. The lowest BCUT2D eigenvalue weighted by molar-refractivity contribution is -0.0717. The highest BCUT2D eigenvalue weighted by Crippen LogP contribution is 2.36. The van der Waals surface area contributed by atoms with Crippen LogP contribution < -0.4 is 5.32 Å². The molecule has 2 aliphatic rings. The summed E-state index contributed by atoms with van der Waals surface area (Å²) >= 11 is 0. The molecule has 0 radical (unpaired) electrons. The summed E-state index contributed by atoms with van der Waals surface area (Å²) in [4.78, 5) is 18.6. The van der Waals surface area contributed by atoms with Crippen molar-refractivity contribution in [2.24, 2.45) is 5.92 Å². The van der Waals surface area contributed by atoms with Crippen LogP contribution in [0.25, 0.3) is 0 Å². The van der Waals surface area contributed by atoms with Crippen LogP contribution in [-0.4, -0.2) is 61.4 Å². The molecule has 2 aromatic rings. The fraction of sp³-hybridized carbons (Fsp3) is 0.688. The van der Waals surface area contributed by atoms with Crippen LogP contribution in [-0.2, 0) is 11.3 Å². The van der Waals surface area contributed by atoms with Crippen LogP contribution in [0.15, 0.2) is 4.52 Å². The first-order valence-corrected chi connectivity index (χ1v) is 8.90. The zero-order chi connectivity index (χ0) is 18.3. The van der Waals surface area contributed by atoms with Gasteiger partial charge in [-0.3, -0.25) is 5.32 Å². The molecule has 0 unspecified atom stereocenters. The van der Waals surface area contributed by atoms with E-state index in [4.69, 9.17) is 9.26 Å². The zero-order valence-electron chi connectivity index (χ0n) is 15.2. The first kappa shape index (κ1) is 17.0. The fourth-order valence-corrected chi connectivity index (χ4v) is 3.23. The van der Waals surface area contributed by atoms with Gasteiger partial charge in [0.05, 0.1) is 17.9 Å². The van der Waals surface area contributed by atoms with Crippen molar-refractivity contribution in [2.45, 2.75) is 52.4 Å². The van der Waals surface area contributed by atoms with Crippen LogP contribution in [0, 0.1) is 19.8 Å². The lowest BCUT2D eigenvalue weighted by Gasteiger charge is -2.36. The molecule has 1 saturated carbocycles. The molecule has 10 nitrogen and oxygen atoms in total. The van der Waals surface area contributed by atoms with Crippen molar-refractivity contribution < 1.29 is 14.1 Å². The monoisotopic (exact) mass is 361 g/mol. The van der Waals surface area contributed by atoms with Crippen LogP contribution in [0.1, 0.15) is 37.2 Å². The van der Waals surface area contributed by atoms with Crippen molar-refractivity contribution in [3.05, 3.63) is 17.4 Å². The van der Waals surface area contributed by atoms with E-state index in [-0.39, 0.29) is 18.2 Å². The van der Waals surface area contributed by atoms with Crippen LogP contribution >= 0.6 is 0 Å². The van der Waals surface area contributed by atoms with Crippen molar-refractivity contribution in [2.75, 3.05) is 18.4 Å². The number of aromatic nitrogens is 5. The van der Waals surface area contributed by atoms with E-state index in [1.807, 2.05) is 13.8 Å². The molecule has 0 spiro atoms. The minimum Gasteiger partial charge on any atom is -0.371 e. The van der Waals surface area contributed by atoms with Gasteiger partial charge in [0.15, 0.2) is 11.6 Å². The number of rotatable bonds is 4. The second kappa shape index (κ2) is 6.67. The maximum absolute atomic E-state index is 12.7. The van der Waals surface area contributed by atoms with Gasteiger partial charge in [0.25, 0.3) is 0 Å². The Morgan fingerprint density at radius 1 is 1.31 bits per heavy atom. The van der Waals surface area contributed by atoms with E-state index >= 15 is 0 Å². The summed E-state index contributed by atoms with van der Waals surface area (Å²) in [5.74, 6) is 2.05. The first-order valence-electron chi connectivity index (χ1n) is 8.90. The summed E-state index contributed by atoms with van der Waals surface area (Å²) in [6, 6.07) is -0.170. The maximum Gasteiger partial charge on any atom is 0.323 e. The van der Waals surface area contributed by atoms with Crippen molar-refractivity contribution in [1.82, 2.24) is 30.0 Å². The van der Waals surface area contributed by atoms with Gasteiger partial charge in [-0.25, -0.2) is 9.48 Å². The van der Waals surface area contributed by atoms with Crippen molar-refractivity contribution >= 4 is 11.8 Å². The average molecular weight is 361 g/mol. The predicted molar refractivity (Wildman–Crippen MR) is 90.5 cm³/mol. The Kier molecular flexibility index (Phi) is 4.35. The number of morpholine rings is 1. The van der Waals surface area contributed by atoms with E-state index in [9.17, 15) is 4.79 Å². The van der Waals surface area contributed by atoms with Gasteiger partial charge < -0.3 is 14.2 Å². The van der Waals surface area contributed by atoms with Gasteiger partial charge in [0.2, 0.25) is 5.89 Å². The maximum atomic E-state index is 12.7. The molecule has 26 heavy (non-hydrogen) atoms. The Balaban J connectivity index is 1.41. The number of anilines is 1. The van der Waals surface area contributed by atoms with Crippen molar-refractivity contribution in [3.8, 4) is 0 Å². The number of nitrogens with zero attached hydrogens (tertiary/aromatic N) is 6. The van der Waals surface area contributed by atoms with E-state index in [1.165, 1.54) is 12.8 Å². The molecular weight excluding hydrogens is 338 g/mol. The third kappa shape index (κ3) is 3.55. The van der Waals surface area contributed by atoms with Gasteiger partial charge in [-0.15, -0.1) is 5.10 Å². The van der Waals surface area contributed by atoms with Gasteiger partial charge in [-0.05, 0) is 32.6 Å². The van der Waals surface area contributed by atoms with Crippen LogP contribution in [0.3, 0.4) is 0 Å². The minimum atomic E-state index is -0.170. The number of nitrogens with one attached hydrogen (secondary N) is 1. The number of ether oxygens (including phenoxy) is 1. The second-order valence-corrected chi connectivity index (χ2v) is 7.07. The van der Waals surface area contributed by atoms with Gasteiger partial charge in [0.1, 0.15) is 6.54 Å². The predicted octanol–water partition coefficient (Wildman–Crippen LogP) is 1.36. The minimum absolute atomic E-state index is 0.0401. The van der Waals surface area contributed by atoms with Crippen LogP contribution in [0.5, 0.6) is 0 Å². The third-order valence-corrected chi connectivity index (χ3v) is 4.79. The normalized spacial score (nSPS) is 23.3. The second-order valence-electron chi connectivity index (χ2n) is 7.07. The number of carbonyl (C=O) groups is 1. The molecule has 140 valence electrons. The SMILES string of the molecule is Cc1nc(Cn2nnc(NC(=O)N3C[C@@H](C)O[C@@H](C4CC4)C3)c2C)no1. The van der Waals surface area contributed by atoms with Crippen LogP contribution in [0.2, 0.25) is 0 Å². The van der Waals surface area contributed by atoms with Gasteiger partial charge in [-0.1, -0.05) is 10.4 Å². The zero-order valence-corrected chi connectivity index (χ0v) is 15.2. The van der Waals surface area contributed by atoms with Gasteiger partial charge in [-0.2, -0.15) is 4.98 Å². The number of carbonyl (C=O) groups excluding carboxylic acids is 1. The fourth-order valence-electron chi connectivity index (χ4n) is 3.23. The molecule has 1 N–H and O–H groups in total. The van der Waals surface area contributed by atoms with E-state index < -0.39 is 0 Å². The third-order valence-electron chi connectivity index (χ3n) is 4.79. The molecule has 0 bridgehead atoms. The quantitative estimate of drug-likeness (QED) is 0.875. The summed E-state index contributed by atoms with van der Waals surface area (Å²) in [5.41, 5.74) is 0.737. The van der Waals surface area contributed by atoms with E-state index in [0.717, 1.165) is 5.69 Å². The first-order chi connectivity index (χ1) is 12.5. The highest BCUT2D eigenvalue weighted by Gasteiger charge is 2.38. The Morgan fingerprint density at radius 3 is 2.81 bits per heavy atom. The molecule has 1 saturated heterocycles. The molecule has 1 aliphatic heterocycles. The van der Waals surface area contributed by atoms with Crippen molar-refractivity contribution in [1.29, 1.82) is 0 Å². The highest BCUT2D eigenvalue weighted by atomic mass is 16.5. The lowest BCUT2D eigenvalue weighted by atomic mass is 10.1. The molecule has 3 heterocycles. The number of hydrogen-bond acceptors (Lipinski definition) is 7. The Labute approximate surface area is 150 Å².